The molecule has 0 saturated carbocycles. The Kier molecular flexibility index (Phi) is 3.84. The van der Waals surface area contributed by atoms with Gasteiger partial charge in [0.05, 0.1) is 11.8 Å². The van der Waals surface area contributed by atoms with E-state index in [0.29, 0.717) is 22.5 Å². The molecule has 2 rings (SSSR count). The molecule has 1 aromatic heterocycles. The molecular weight excluding hydrogens is 256 g/mol. The molecule has 6 nitrogen and oxygen atoms in total. The maximum atomic E-state index is 12.0. The van der Waals surface area contributed by atoms with E-state index in [1.165, 1.54) is 11.1 Å². The van der Waals surface area contributed by atoms with Crippen LogP contribution in [0.1, 0.15) is 26.4 Å². The van der Waals surface area contributed by atoms with Crippen molar-refractivity contribution in [2.75, 3.05) is 19.4 Å². The van der Waals surface area contributed by atoms with Gasteiger partial charge in [0.25, 0.3) is 11.8 Å². The third-order valence-electron chi connectivity index (χ3n) is 2.85. The lowest BCUT2D eigenvalue weighted by molar-refractivity contribution is 0.0827. The molecule has 0 bridgehead atoms. The van der Waals surface area contributed by atoms with Gasteiger partial charge < -0.3 is 10.2 Å². The number of anilines is 1. The zero-order chi connectivity index (χ0) is 14.7. The van der Waals surface area contributed by atoms with Crippen LogP contribution in [0.5, 0.6) is 0 Å². The van der Waals surface area contributed by atoms with Gasteiger partial charge in [-0.25, -0.2) is 0 Å². The van der Waals surface area contributed by atoms with Gasteiger partial charge in [-0.15, -0.1) is 0 Å². The average molecular weight is 272 g/mol. The number of nitrogens with zero attached hydrogens (tertiary/aromatic N) is 2. The summed E-state index contributed by atoms with van der Waals surface area (Å²) < 4.78 is 0. The zero-order valence-electron chi connectivity index (χ0n) is 11.6. The molecule has 0 atom stereocenters. The van der Waals surface area contributed by atoms with Gasteiger partial charge in [0.15, 0.2) is 0 Å². The number of nitrogens with one attached hydrogen (secondary N) is 2. The second-order valence-corrected chi connectivity index (χ2v) is 4.64. The Morgan fingerprint density at radius 2 is 2.05 bits per heavy atom. The highest BCUT2D eigenvalue weighted by Crippen LogP contribution is 2.14. The molecule has 0 aliphatic carbocycles. The highest BCUT2D eigenvalue weighted by Gasteiger charge is 2.12. The topological polar surface area (TPSA) is 78.1 Å². The summed E-state index contributed by atoms with van der Waals surface area (Å²) in [5.74, 6) is -0.369. The van der Waals surface area contributed by atoms with E-state index in [4.69, 9.17) is 0 Å². The predicted octanol–water partition coefficient (Wildman–Crippen LogP) is 1.67. The van der Waals surface area contributed by atoms with Crippen molar-refractivity contribution >= 4 is 17.5 Å². The standard InChI is InChI=1S/C14H16N4O2/c1-9-12(8-15-17-9)13(19)16-11-6-4-5-10(7-11)14(20)18(2)3/h4-8H,1-3H3,(H,15,17)(H,16,19). The van der Waals surface area contributed by atoms with Crippen molar-refractivity contribution in [3.8, 4) is 0 Å². The Labute approximate surface area is 116 Å². The van der Waals surface area contributed by atoms with Gasteiger partial charge in [-0.1, -0.05) is 6.07 Å². The van der Waals surface area contributed by atoms with Crippen LogP contribution in [0.3, 0.4) is 0 Å². The van der Waals surface area contributed by atoms with Crippen LogP contribution in [0.25, 0.3) is 0 Å². The summed E-state index contributed by atoms with van der Waals surface area (Å²) in [6.07, 6.45) is 1.47. The Bertz CT molecular complexity index is 646. The molecule has 1 aromatic carbocycles. The Balaban J connectivity index is 2.18. The molecule has 0 saturated heterocycles. The Hall–Kier alpha value is -2.63. The fourth-order valence-electron chi connectivity index (χ4n) is 1.77. The minimum Gasteiger partial charge on any atom is -0.345 e. The summed E-state index contributed by atoms with van der Waals surface area (Å²) in [5, 5.41) is 9.26. The first kappa shape index (κ1) is 13.8. The zero-order valence-corrected chi connectivity index (χ0v) is 11.6. The number of carbonyl (C=O) groups excluding carboxylic acids is 2. The molecule has 104 valence electrons. The number of hydrogen-bond acceptors (Lipinski definition) is 3. The van der Waals surface area contributed by atoms with Gasteiger partial charge in [0.1, 0.15) is 0 Å². The number of H-pyrrole nitrogens is 1. The summed E-state index contributed by atoms with van der Waals surface area (Å²) in [4.78, 5) is 25.4. The number of benzene rings is 1. The van der Waals surface area contributed by atoms with Crippen molar-refractivity contribution in [2.24, 2.45) is 0 Å². The van der Waals surface area contributed by atoms with Gasteiger partial charge in [0.2, 0.25) is 0 Å². The maximum absolute atomic E-state index is 12.0. The summed E-state index contributed by atoms with van der Waals surface area (Å²) in [5.41, 5.74) is 2.28. The molecule has 0 aliphatic heterocycles. The molecule has 1 heterocycles. The maximum Gasteiger partial charge on any atom is 0.259 e. The van der Waals surface area contributed by atoms with Crippen LogP contribution in [0, 0.1) is 6.92 Å². The predicted molar refractivity (Wildman–Crippen MR) is 75.7 cm³/mol. The van der Waals surface area contributed by atoms with Gasteiger partial charge in [0, 0.05) is 31.0 Å². The van der Waals surface area contributed by atoms with Gasteiger partial charge >= 0.3 is 0 Å². The number of amides is 2. The normalized spacial score (nSPS) is 10.2. The van der Waals surface area contributed by atoms with E-state index in [0.717, 1.165) is 0 Å². The third kappa shape index (κ3) is 2.85. The number of carbonyl (C=O) groups is 2. The van der Waals surface area contributed by atoms with Crippen LogP contribution >= 0.6 is 0 Å². The van der Waals surface area contributed by atoms with E-state index in [1.807, 2.05) is 0 Å². The van der Waals surface area contributed by atoms with Crippen molar-refractivity contribution < 1.29 is 9.59 Å². The molecule has 0 radical (unpaired) electrons. The molecule has 6 heteroatoms. The SMILES string of the molecule is Cc1[nH]ncc1C(=O)Nc1cccc(C(=O)N(C)C)c1. The molecular formula is C14H16N4O2. The van der Waals surface area contributed by atoms with Crippen molar-refractivity contribution in [3.63, 3.8) is 0 Å². The summed E-state index contributed by atoms with van der Waals surface area (Å²) >= 11 is 0. The minimum absolute atomic E-state index is 0.111. The summed E-state index contributed by atoms with van der Waals surface area (Å²) in [6.45, 7) is 1.77. The molecule has 20 heavy (non-hydrogen) atoms. The van der Waals surface area contributed by atoms with E-state index < -0.39 is 0 Å². The largest absolute Gasteiger partial charge is 0.345 e. The number of rotatable bonds is 3. The minimum atomic E-state index is -0.259. The van der Waals surface area contributed by atoms with Crippen molar-refractivity contribution in [1.82, 2.24) is 15.1 Å². The van der Waals surface area contributed by atoms with Crippen LogP contribution in [0.4, 0.5) is 5.69 Å². The summed E-state index contributed by atoms with van der Waals surface area (Å²) in [7, 11) is 3.37. The third-order valence-corrected chi connectivity index (χ3v) is 2.85. The fourth-order valence-corrected chi connectivity index (χ4v) is 1.77. The van der Waals surface area contributed by atoms with E-state index in [1.54, 1.807) is 45.3 Å². The second-order valence-electron chi connectivity index (χ2n) is 4.64. The monoisotopic (exact) mass is 272 g/mol. The quantitative estimate of drug-likeness (QED) is 0.892. The smallest absolute Gasteiger partial charge is 0.259 e. The lowest BCUT2D eigenvalue weighted by atomic mass is 10.1. The lowest BCUT2D eigenvalue weighted by Gasteiger charge is -2.11. The number of hydrogen-bond donors (Lipinski definition) is 2. The number of aromatic amines is 1. The first-order valence-electron chi connectivity index (χ1n) is 6.12. The van der Waals surface area contributed by atoms with E-state index >= 15 is 0 Å². The first-order valence-corrected chi connectivity index (χ1v) is 6.12. The summed E-state index contributed by atoms with van der Waals surface area (Å²) in [6, 6.07) is 6.82. The van der Waals surface area contributed by atoms with Crippen molar-refractivity contribution in [3.05, 3.63) is 47.3 Å². The average Bonchev–Trinajstić information content (AvgIpc) is 2.84. The van der Waals surface area contributed by atoms with Crippen molar-refractivity contribution in [1.29, 1.82) is 0 Å². The molecule has 2 amide bonds. The first-order chi connectivity index (χ1) is 9.49. The van der Waals surface area contributed by atoms with Gasteiger partial charge in [-0.2, -0.15) is 5.10 Å². The second kappa shape index (κ2) is 5.56. The van der Waals surface area contributed by atoms with Crippen LogP contribution in [0.15, 0.2) is 30.5 Å². The fraction of sp³-hybridized carbons (Fsp3) is 0.214. The van der Waals surface area contributed by atoms with E-state index in [2.05, 4.69) is 15.5 Å². The molecule has 0 unspecified atom stereocenters. The highest BCUT2D eigenvalue weighted by atomic mass is 16.2. The van der Waals surface area contributed by atoms with Crippen molar-refractivity contribution in [2.45, 2.75) is 6.92 Å². The lowest BCUT2D eigenvalue weighted by Crippen LogP contribution is -2.22. The Morgan fingerprint density at radius 1 is 1.30 bits per heavy atom. The van der Waals surface area contributed by atoms with Crippen LogP contribution in [-0.4, -0.2) is 41.0 Å². The van der Waals surface area contributed by atoms with E-state index in [-0.39, 0.29) is 11.8 Å². The molecule has 2 aromatic rings. The molecule has 2 N–H and O–H groups in total. The number of aromatic nitrogens is 2. The van der Waals surface area contributed by atoms with Crippen LogP contribution in [-0.2, 0) is 0 Å². The van der Waals surface area contributed by atoms with Gasteiger partial charge in [-0.05, 0) is 25.1 Å². The number of aryl methyl sites for hydroxylation is 1. The van der Waals surface area contributed by atoms with Crippen LogP contribution in [0.2, 0.25) is 0 Å². The Morgan fingerprint density at radius 3 is 2.65 bits per heavy atom. The van der Waals surface area contributed by atoms with Crippen LogP contribution < -0.4 is 5.32 Å². The highest BCUT2D eigenvalue weighted by molar-refractivity contribution is 6.05. The molecule has 0 spiro atoms. The molecule has 0 aliphatic rings. The molecule has 0 fully saturated rings. The van der Waals surface area contributed by atoms with E-state index in [9.17, 15) is 9.59 Å². The van der Waals surface area contributed by atoms with Gasteiger partial charge in [-0.3, -0.25) is 14.7 Å².